The number of nitrogens with zero attached hydrogens (tertiary/aromatic N) is 2. The van der Waals surface area contributed by atoms with E-state index in [1.54, 1.807) is 24.3 Å². The smallest absolute Gasteiger partial charge is 0.307 e. The minimum Gasteiger partial charge on any atom is -0.497 e. The van der Waals surface area contributed by atoms with Crippen LogP contribution in [-0.4, -0.2) is 40.1 Å². The van der Waals surface area contributed by atoms with Crippen molar-refractivity contribution >= 4 is 27.4 Å². The van der Waals surface area contributed by atoms with Gasteiger partial charge in [0, 0.05) is 18.7 Å². The number of carbonyl (C=O) groups excluding carboxylic acids is 1. The van der Waals surface area contributed by atoms with Gasteiger partial charge in [0.25, 0.3) is 15.7 Å². The molecule has 0 heterocycles. The van der Waals surface area contributed by atoms with E-state index in [9.17, 15) is 23.3 Å². The molecule has 0 unspecified atom stereocenters. The predicted octanol–water partition coefficient (Wildman–Crippen LogP) is 2.36. The van der Waals surface area contributed by atoms with Crippen molar-refractivity contribution < 1.29 is 27.6 Å². The van der Waals surface area contributed by atoms with Gasteiger partial charge < -0.3 is 9.47 Å². The fourth-order valence-electron chi connectivity index (χ4n) is 2.30. The molecule has 2 rings (SSSR count). The van der Waals surface area contributed by atoms with E-state index >= 15 is 0 Å². The number of esters is 1. The molecule has 0 saturated heterocycles. The molecule has 144 valence electrons. The van der Waals surface area contributed by atoms with Crippen LogP contribution in [0.2, 0.25) is 0 Å². The molecule has 0 bridgehead atoms. The van der Waals surface area contributed by atoms with Crippen LogP contribution in [0, 0.1) is 10.1 Å². The zero-order valence-electron chi connectivity index (χ0n) is 14.7. The van der Waals surface area contributed by atoms with Crippen molar-refractivity contribution in [3.63, 3.8) is 0 Å². The van der Waals surface area contributed by atoms with Gasteiger partial charge >= 0.3 is 5.97 Å². The van der Waals surface area contributed by atoms with Gasteiger partial charge in [-0.1, -0.05) is 0 Å². The second-order valence-electron chi connectivity index (χ2n) is 5.35. The van der Waals surface area contributed by atoms with E-state index < -0.39 is 20.9 Å². The van der Waals surface area contributed by atoms with E-state index in [1.807, 2.05) is 0 Å². The van der Waals surface area contributed by atoms with Gasteiger partial charge in [0.15, 0.2) is 0 Å². The number of nitro benzene ring substituents is 1. The molecule has 0 fully saturated rings. The first kappa shape index (κ1) is 20.2. The van der Waals surface area contributed by atoms with Crippen LogP contribution in [-0.2, 0) is 19.6 Å². The van der Waals surface area contributed by atoms with Gasteiger partial charge in [-0.2, -0.15) is 0 Å². The summed E-state index contributed by atoms with van der Waals surface area (Å²) < 4.78 is 36.8. The molecule has 0 aliphatic heterocycles. The van der Waals surface area contributed by atoms with E-state index in [0.717, 1.165) is 28.6 Å². The van der Waals surface area contributed by atoms with Crippen molar-refractivity contribution in [1.29, 1.82) is 0 Å². The SMILES string of the molecule is COC(=O)CCN(c1ccc(OC)cc1)S(=O)(=O)c1ccc([N+](=O)[O-])cc1. The topological polar surface area (TPSA) is 116 Å². The summed E-state index contributed by atoms with van der Waals surface area (Å²) >= 11 is 0. The zero-order valence-corrected chi connectivity index (χ0v) is 15.5. The third-order valence-electron chi connectivity index (χ3n) is 3.74. The molecule has 0 saturated carbocycles. The van der Waals surface area contributed by atoms with Crippen LogP contribution in [0.25, 0.3) is 0 Å². The van der Waals surface area contributed by atoms with Crippen LogP contribution in [0.4, 0.5) is 11.4 Å². The van der Waals surface area contributed by atoms with Crippen molar-refractivity contribution in [2.45, 2.75) is 11.3 Å². The largest absolute Gasteiger partial charge is 0.497 e. The quantitative estimate of drug-likeness (QED) is 0.383. The van der Waals surface area contributed by atoms with Gasteiger partial charge in [0.2, 0.25) is 0 Å². The Kier molecular flexibility index (Phi) is 6.35. The molecular formula is C17H18N2O7S. The van der Waals surface area contributed by atoms with Gasteiger partial charge in [-0.3, -0.25) is 19.2 Å². The summed E-state index contributed by atoms with van der Waals surface area (Å²) in [5.74, 6) is -0.0215. The zero-order chi connectivity index (χ0) is 20.0. The number of hydrogen-bond acceptors (Lipinski definition) is 7. The average molecular weight is 394 g/mol. The Hall–Kier alpha value is -3.14. The number of anilines is 1. The second-order valence-corrected chi connectivity index (χ2v) is 7.21. The monoisotopic (exact) mass is 394 g/mol. The van der Waals surface area contributed by atoms with Crippen molar-refractivity contribution in [3.8, 4) is 5.75 Å². The highest BCUT2D eigenvalue weighted by Gasteiger charge is 2.26. The maximum absolute atomic E-state index is 13.0. The Labute approximate surface area is 156 Å². The third-order valence-corrected chi connectivity index (χ3v) is 5.58. The minimum atomic E-state index is -4.06. The maximum Gasteiger partial charge on any atom is 0.307 e. The number of methoxy groups -OCH3 is 2. The van der Waals surface area contributed by atoms with Gasteiger partial charge in [-0.25, -0.2) is 8.42 Å². The molecule has 0 aliphatic rings. The number of non-ortho nitro benzene ring substituents is 1. The van der Waals surface area contributed by atoms with Crippen LogP contribution in [0.3, 0.4) is 0 Å². The molecule has 27 heavy (non-hydrogen) atoms. The summed E-state index contributed by atoms with van der Waals surface area (Å²) in [6.07, 6.45) is -0.158. The van der Waals surface area contributed by atoms with E-state index in [1.165, 1.54) is 14.2 Å². The first-order chi connectivity index (χ1) is 12.8. The molecule has 0 spiro atoms. The lowest BCUT2D eigenvalue weighted by atomic mass is 10.3. The fourth-order valence-corrected chi connectivity index (χ4v) is 3.76. The minimum absolute atomic E-state index is 0.131. The molecule has 10 heteroatoms. The van der Waals surface area contributed by atoms with Crippen LogP contribution >= 0.6 is 0 Å². The first-order valence-electron chi connectivity index (χ1n) is 7.77. The molecule has 2 aromatic rings. The van der Waals surface area contributed by atoms with Crippen molar-refractivity contribution in [1.82, 2.24) is 0 Å². The molecule has 0 amide bonds. The Bertz CT molecular complexity index is 909. The van der Waals surface area contributed by atoms with E-state index in [4.69, 9.17) is 4.74 Å². The highest BCUT2D eigenvalue weighted by atomic mass is 32.2. The lowest BCUT2D eigenvalue weighted by molar-refractivity contribution is -0.384. The Morgan fingerprint density at radius 1 is 1.07 bits per heavy atom. The summed E-state index contributed by atoms with van der Waals surface area (Å²) in [7, 11) is -1.36. The number of carbonyl (C=O) groups is 1. The lowest BCUT2D eigenvalue weighted by Gasteiger charge is -2.24. The molecule has 0 radical (unpaired) electrons. The number of nitro groups is 1. The number of hydrogen-bond donors (Lipinski definition) is 0. The molecule has 0 aliphatic carbocycles. The Morgan fingerprint density at radius 3 is 2.15 bits per heavy atom. The molecule has 0 N–H and O–H groups in total. The normalized spacial score (nSPS) is 10.9. The van der Waals surface area contributed by atoms with Crippen LogP contribution in [0.1, 0.15) is 6.42 Å². The van der Waals surface area contributed by atoms with Gasteiger partial charge in [0.05, 0.1) is 36.1 Å². The molecule has 2 aromatic carbocycles. The Balaban J connectivity index is 2.42. The maximum atomic E-state index is 13.0. The summed E-state index contributed by atoms with van der Waals surface area (Å²) in [6.45, 7) is -0.154. The number of sulfonamides is 1. The van der Waals surface area contributed by atoms with E-state index in [-0.39, 0.29) is 23.5 Å². The lowest BCUT2D eigenvalue weighted by Crippen LogP contribution is -2.33. The van der Waals surface area contributed by atoms with Crippen molar-refractivity contribution in [2.24, 2.45) is 0 Å². The number of benzene rings is 2. The third kappa shape index (κ3) is 4.73. The van der Waals surface area contributed by atoms with Crippen LogP contribution < -0.4 is 9.04 Å². The van der Waals surface area contributed by atoms with E-state index in [2.05, 4.69) is 4.74 Å². The standard InChI is InChI=1S/C17H18N2O7S/c1-25-15-7-3-13(4-8-15)18(12-11-17(20)26-2)27(23,24)16-9-5-14(6-10-16)19(21)22/h3-10H,11-12H2,1-2H3. The van der Waals surface area contributed by atoms with Crippen molar-refractivity contribution in [3.05, 3.63) is 58.6 Å². The van der Waals surface area contributed by atoms with Gasteiger partial charge in [0.1, 0.15) is 5.75 Å². The summed E-state index contributed by atoms with van der Waals surface area (Å²) in [6, 6.07) is 10.8. The molecule has 0 atom stereocenters. The first-order valence-corrected chi connectivity index (χ1v) is 9.21. The molecule has 0 aromatic heterocycles. The average Bonchev–Trinajstić information content (AvgIpc) is 2.68. The number of ether oxygens (including phenoxy) is 2. The fraction of sp³-hybridized carbons (Fsp3) is 0.235. The van der Waals surface area contributed by atoms with Gasteiger partial charge in [-0.15, -0.1) is 0 Å². The molecular weight excluding hydrogens is 376 g/mol. The summed E-state index contributed by atoms with van der Waals surface area (Å²) in [5.41, 5.74) is 0.0950. The summed E-state index contributed by atoms with van der Waals surface area (Å²) in [5, 5.41) is 10.8. The highest BCUT2D eigenvalue weighted by molar-refractivity contribution is 7.92. The Morgan fingerprint density at radius 2 is 1.67 bits per heavy atom. The highest BCUT2D eigenvalue weighted by Crippen LogP contribution is 2.27. The van der Waals surface area contributed by atoms with Crippen molar-refractivity contribution in [2.75, 3.05) is 25.1 Å². The second kappa shape index (κ2) is 8.49. The summed E-state index contributed by atoms with van der Waals surface area (Å²) in [4.78, 5) is 21.5. The van der Waals surface area contributed by atoms with Crippen LogP contribution in [0.5, 0.6) is 5.75 Å². The predicted molar refractivity (Wildman–Crippen MR) is 97.3 cm³/mol. The molecule has 9 nitrogen and oxygen atoms in total. The number of rotatable bonds is 8. The van der Waals surface area contributed by atoms with Crippen LogP contribution in [0.15, 0.2) is 53.4 Å². The van der Waals surface area contributed by atoms with Gasteiger partial charge in [-0.05, 0) is 36.4 Å². The van der Waals surface area contributed by atoms with E-state index in [0.29, 0.717) is 11.4 Å².